The van der Waals surface area contributed by atoms with E-state index in [2.05, 4.69) is 39.3 Å². The lowest BCUT2D eigenvalue weighted by atomic mass is 10.1. The summed E-state index contributed by atoms with van der Waals surface area (Å²) in [4.78, 5) is 9.47. The van der Waals surface area contributed by atoms with Crippen LogP contribution in [0.5, 0.6) is 0 Å². The standard InChI is InChI=1S/C19H39N5O2/c1-16(24-11-13-26-15-17(24)2)14-21-19(20-3)22-18-6-9-23(10-7-18)8-5-12-25-4/h16-18H,5-15H2,1-4H3,(H2,20,21,22). The van der Waals surface area contributed by atoms with E-state index in [1.54, 1.807) is 7.11 Å². The number of nitrogens with zero attached hydrogens (tertiary/aromatic N) is 3. The third-order valence-corrected chi connectivity index (χ3v) is 5.52. The van der Waals surface area contributed by atoms with Gasteiger partial charge in [0.15, 0.2) is 5.96 Å². The van der Waals surface area contributed by atoms with Crippen LogP contribution in [0.3, 0.4) is 0 Å². The second-order valence-corrected chi connectivity index (χ2v) is 7.57. The van der Waals surface area contributed by atoms with E-state index in [4.69, 9.17) is 9.47 Å². The lowest BCUT2D eigenvalue weighted by Crippen LogP contribution is -2.54. The number of rotatable bonds is 8. The maximum Gasteiger partial charge on any atom is 0.191 e. The molecule has 0 aromatic rings. The lowest BCUT2D eigenvalue weighted by molar-refractivity contribution is -0.0174. The number of piperidine rings is 1. The van der Waals surface area contributed by atoms with Crippen LogP contribution >= 0.6 is 0 Å². The Morgan fingerprint density at radius 2 is 2.08 bits per heavy atom. The summed E-state index contributed by atoms with van der Waals surface area (Å²) >= 11 is 0. The Balaban J connectivity index is 1.66. The summed E-state index contributed by atoms with van der Waals surface area (Å²) in [6.45, 7) is 12.4. The molecule has 0 bridgehead atoms. The molecule has 0 spiro atoms. The average molecular weight is 370 g/mol. The van der Waals surface area contributed by atoms with E-state index in [9.17, 15) is 0 Å². The van der Waals surface area contributed by atoms with Crippen LogP contribution in [0.1, 0.15) is 33.1 Å². The van der Waals surface area contributed by atoms with E-state index in [0.29, 0.717) is 18.1 Å². The van der Waals surface area contributed by atoms with Gasteiger partial charge in [0, 0.05) is 71.6 Å². The summed E-state index contributed by atoms with van der Waals surface area (Å²) in [5.41, 5.74) is 0. The fourth-order valence-corrected chi connectivity index (χ4v) is 3.88. The number of aliphatic imine (C=N–C) groups is 1. The average Bonchev–Trinajstić information content (AvgIpc) is 2.66. The Morgan fingerprint density at radius 1 is 1.31 bits per heavy atom. The van der Waals surface area contributed by atoms with E-state index in [-0.39, 0.29) is 0 Å². The summed E-state index contributed by atoms with van der Waals surface area (Å²) in [5.74, 6) is 0.926. The molecule has 2 unspecified atom stereocenters. The van der Waals surface area contributed by atoms with Crippen LogP contribution in [0.2, 0.25) is 0 Å². The Hall–Kier alpha value is -0.890. The van der Waals surface area contributed by atoms with Crippen molar-refractivity contribution in [3.05, 3.63) is 0 Å². The highest BCUT2D eigenvalue weighted by atomic mass is 16.5. The summed E-state index contributed by atoms with van der Waals surface area (Å²) in [6, 6.07) is 1.46. The van der Waals surface area contributed by atoms with Crippen LogP contribution < -0.4 is 10.6 Å². The Labute approximate surface area is 159 Å². The van der Waals surface area contributed by atoms with Crippen molar-refractivity contribution in [1.82, 2.24) is 20.4 Å². The van der Waals surface area contributed by atoms with Gasteiger partial charge in [-0.3, -0.25) is 9.89 Å². The molecule has 26 heavy (non-hydrogen) atoms. The number of methoxy groups -OCH3 is 1. The number of hydrogen-bond donors (Lipinski definition) is 2. The monoisotopic (exact) mass is 369 g/mol. The fraction of sp³-hybridized carbons (Fsp3) is 0.947. The molecular weight excluding hydrogens is 330 g/mol. The second-order valence-electron chi connectivity index (χ2n) is 7.57. The minimum atomic E-state index is 0.468. The fourth-order valence-electron chi connectivity index (χ4n) is 3.88. The van der Waals surface area contributed by atoms with Crippen molar-refractivity contribution in [2.75, 3.05) is 66.7 Å². The van der Waals surface area contributed by atoms with Gasteiger partial charge in [-0.2, -0.15) is 0 Å². The van der Waals surface area contributed by atoms with Crippen molar-refractivity contribution in [1.29, 1.82) is 0 Å². The molecule has 2 atom stereocenters. The molecule has 2 fully saturated rings. The molecule has 0 amide bonds. The number of ether oxygens (including phenoxy) is 2. The van der Waals surface area contributed by atoms with Gasteiger partial charge in [-0.05, 0) is 33.1 Å². The van der Waals surface area contributed by atoms with Gasteiger partial charge in [0.05, 0.1) is 13.2 Å². The van der Waals surface area contributed by atoms with E-state index < -0.39 is 0 Å². The van der Waals surface area contributed by atoms with Crippen molar-refractivity contribution >= 4 is 5.96 Å². The van der Waals surface area contributed by atoms with Crippen LogP contribution in [0, 0.1) is 0 Å². The molecular formula is C19H39N5O2. The second kappa shape index (κ2) is 11.7. The molecule has 2 N–H and O–H groups in total. The third-order valence-electron chi connectivity index (χ3n) is 5.52. The third kappa shape index (κ3) is 7.02. The smallest absolute Gasteiger partial charge is 0.191 e. The van der Waals surface area contributed by atoms with Crippen molar-refractivity contribution < 1.29 is 9.47 Å². The topological polar surface area (TPSA) is 61.4 Å². The number of morpholine rings is 1. The molecule has 0 aliphatic carbocycles. The summed E-state index contributed by atoms with van der Waals surface area (Å²) in [5, 5.41) is 7.12. The van der Waals surface area contributed by atoms with Crippen LogP contribution in [0.15, 0.2) is 4.99 Å². The van der Waals surface area contributed by atoms with E-state index >= 15 is 0 Å². The summed E-state index contributed by atoms with van der Waals surface area (Å²) < 4.78 is 10.7. The zero-order valence-corrected chi connectivity index (χ0v) is 17.2. The van der Waals surface area contributed by atoms with Crippen LogP contribution in [0.25, 0.3) is 0 Å². The minimum absolute atomic E-state index is 0.468. The molecule has 0 radical (unpaired) electrons. The van der Waals surface area contributed by atoms with Gasteiger partial charge in [0.2, 0.25) is 0 Å². The number of likely N-dealkylation sites (tertiary alicyclic amines) is 1. The lowest BCUT2D eigenvalue weighted by Gasteiger charge is -2.38. The summed E-state index contributed by atoms with van der Waals surface area (Å²) in [7, 11) is 3.63. The number of nitrogens with one attached hydrogen (secondary N) is 2. The summed E-state index contributed by atoms with van der Waals surface area (Å²) in [6.07, 6.45) is 3.46. The van der Waals surface area contributed by atoms with Crippen LogP contribution in [0.4, 0.5) is 0 Å². The van der Waals surface area contributed by atoms with Gasteiger partial charge < -0.3 is 25.0 Å². The molecule has 2 aliphatic rings. The zero-order chi connectivity index (χ0) is 18.8. The van der Waals surface area contributed by atoms with E-state index in [1.807, 2.05) is 7.05 Å². The van der Waals surface area contributed by atoms with Gasteiger partial charge in [0.25, 0.3) is 0 Å². The van der Waals surface area contributed by atoms with Crippen LogP contribution in [-0.2, 0) is 9.47 Å². The Kier molecular flexibility index (Phi) is 9.67. The van der Waals surface area contributed by atoms with Gasteiger partial charge in [0.1, 0.15) is 0 Å². The normalized spacial score (nSPS) is 25.2. The first-order chi connectivity index (χ1) is 12.6. The van der Waals surface area contributed by atoms with Crippen LogP contribution in [-0.4, -0.2) is 101 Å². The predicted octanol–water partition coefficient (Wildman–Crippen LogP) is 0.762. The molecule has 2 heterocycles. The van der Waals surface area contributed by atoms with E-state index in [1.165, 1.54) is 12.8 Å². The Bertz CT molecular complexity index is 413. The highest BCUT2D eigenvalue weighted by molar-refractivity contribution is 5.80. The molecule has 2 rings (SSSR count). The zero-order valence-electron chi connectivity index (χ0n) is 17.2. The molecule has 0 saturated carbocycles. The molecule has 0 aromatic heterocycles. The Morgan fingerprint density at radius 3 is 2.73 bits per heavy atom. The number of hydrogen-bond acceptors (Lipinski definition) is 5. The molecule has 2 aliphatic heterocycles. The first-order valence-corrected chi connectivity index (χ1v) is 10.2. The van der Waals surface area contributed by atoms with Crippen molar-refractivity contribution in [2.45, 2.75) is 51.2 Å². The van der Waals surface area contributed by atoms with Crippen molar-refractivity contribution in [3.8, 4) is 0 Å². The molecule has 152 valence electrons. The first kappa shape index (κ1) is 21.4. The highest BCUT2D eigenvalue weighted by Gasteiger charge is 2.24. The van der Waals surface area contributed by atoms with Gasteiger partial charge in [-0.25, -0.2) is 0 Å². The van der Waals surface area contributed by atoms with Gasteiger partial charge >= 0.3 is 0 Å². The van der Waals surface area contributed by atoms with Gasteiger partial charge in [-0.1, -0.05) is 0 Å². The largest absolute Gasteiger partial charge is 0.385 e. The quantitative estimate of drug-likeness (QED) is 0.374. The minimum Gasteiger partial charge on any atom is -0.385 e. The number of guanidine groups is 1. The van der Waals surface area contributed by atoms with Gasteiger partial charge in [-0.15, -0.1) is 0 Å². The first-order valence-electron chi connectivity index (χ1n) is 10.2. The molecule has 0 aromatic carbocycles. The maximum atomic E-state index is 5.54. The maximum absolute atomic E-state index is 5.54. The highest BCUT2D eigenvalue weighted by Crippen LogP contribution is 2.11. The van der Waals surface area contributed by atoms with E-state index in [0.717, 1.165) is 64.9 Å². The molecule has 2 saturated heterocycles. The molecule has 7 nitrogen and oxygen atoms in total. The SMILES string of the molecule is CN=C(NCC(C)N1CCOCC1C)NC1CCN(CCCOC)CC1. The van der Waals surface area contributed by atoms with Crippen molar-refractivity contribution in [2.24, 2.45) is 4.99 Å². The van der Waals surface area contributed by atoms with Crippen molar-refractivity contribution in [3.63, 3.8) is 0 Å². The predicted molar refractivity (Wildman–Crippen MR) is 107 cm³/mol. The molecule has 7 heteroatoms.